The van der Waals surface area contributed by atoms with Crippen molar-refractivity contribution in [2.45, 2.75) is 32.2 Å². The lowest BCUT2D eigenvalue weighted by molar-refractivity contribution is -0.141. The van der Waals surface area contributed by atoms with E-state index in [9.17, 15) is 18.4 Å². The SMILES string of the molecule is C[C@@H](c1cc(F)ccc1F)N(C)C(=O)[C@@H]1CC[C@H](C(=O)O)C1. The van der Waals surface area contributed by atoms with Gasteiger partial charge in [-0.25, -0.2) is 8.78 Å². The first-order valence-corrected chi connectivity index (χ1v) is 7.25. The number of carbonyl (C=O) groups is 2. The van der Waals surface area contributed by atoms with Crippen molar-refractivity contribution in [3.05, 3.63) is 35.4 Å². The van der Waals surface area contributed by atoms with Crippen LogP contribution in [0.3, 0.4) is 0 Å². The molecule has 0 radical (unpaired) electrons. The van der Waals surface area contributed by atoms with Gasteiger partial charge in [0.25, 0.3) is 0 Å². The van der Waals surface area contributed by atoms with Gasteiger partial charge in [0.15, 0.2) is 0 Å². The Morgan fingerprint density at radius 2 is 1.91 bits per heavy atom. The van der Waals surface area contributed by atoms with Crippen LogP contribution >= 0.6 is 0 Å². The molecular formula is C16H19F2NO3. The quantitative estimate of drug-likeness (QED) is 0.930. The number of amides is 1. The highest BCUT2D eigenvalue weighted by atomic mass is 19.1. The van der Waals surface area contributed by atoms with E-state index in [-0.39, 0.29) is 17.4 Å². The normalized spacial score (nSPS) is 22.4. The second-order valence-corrected chi connectivity index (χ2v) is 5.84. The summed E-state index contributed by atoms with van der Waals surface area (Å²) in [6.45, 7) is 1.62. The third-order valence-corrected chi connectivity index (χ3v) is 4.47. The third-order valence-electron chi connectivity index (χ3n) is 4.47. The maximum absolute atomic E-state index is 13.8. The van der Waals surface area contributed by atoms with Gasteiger partial charge in [-0.15, -0.1) is 0 Å². The van der Waals surface area contributed by atoms with E-state index >= 15 is 0 Å². The van der Waals surface area contributed by atoms with Crippen LogP contribution in [0.4, 0.5) is 8.78 Å². The Bertz CT molecular complexity index is 591. The summed E-state index contributed by atoms with van der Waals surface area (Å²) < 4.78 is 27.1. The first-order valence-electron chi connectivity index (χ1n) is 7.25. The predicted molar refractivity (Wildman–Crippen MR) is 76.0 cm³/mol. The van der Waals surface area contributed by atoms with Gasteiger partial charge in [0, 0.05) is 18.5 Å². The number of aliphatic carboxylic acids is 1. The van der Waals surface area contributed by atoms with E-state index in [1.165, 1.54) is 11.9 Å². The number of benzene rings is 1. The molecule has 2 rings (SSSR count). The van der Waals surface area contributed by atoms with Gasteiger partial charge in [-0.3, -0.25) is 9.59 Å². The van der Waals surface area contributed by atoms with Gasteiger partial charge in [-0.1, -0.05) is 0 Å². The Morgan fingerprint density at radius 3 is 2.50 bits per heavy atom. The van der Waals surface area contributed by atoms with E-state index in [1.807, 2.05) is 0 Å². The Hall–Kier alpha value is -1.98. The van der Waals surface area contributed by atoms with Crippen LogP contribution in [0, 0.1) is 23.5 Å². The van der Waals surface area contributed by atoms with Crippen molar-refractivity contribution in [1.82, 2.24) is 4.90 Å². The summed E-state index contributed by atoms with van der Waals surface area (Å²) in [7, 11) is 1.53. The number of carboxylic acid groups (broad SMARTS) is 1. The van der Waals surface area contributed by atoms with Gasteiger partial charge in [-0.05, 0) is 44.4 Å². The standard InChI is InChI=1S/C16H19F2NO3/c1-9(13-8-12(17)5-6-14(13)18)19(2)15(20)10-3-4-11(7-10)16(21)22/h5-6,8-11H,3-4,7H2,1-2H3,(H,21,22)/t9-,10+,11-/m0/s1. The zero-order chi connectivity index (χ0) is 16.4. The van der Waals surface area contributed by atoms with Gasteiger partial charge in [0.1, 0.15) is 11.6 Å². The van der Waals surface area contributed by atoms with Crippen molar-refractivity contribution in [3.8, 4) is 0 Å². The molecule has 6 heteroatoms. The topological polar surface area (TPSA) is 57.6 Å². The largest absolute Gasteiger partial charge is 0.481 e. The molecule has 0 unspecified atom stereocenters. The van der Waals surface area contributed by atoms with E-state index in [2.05, 4.69) is 0 Å². The van der Waals surface area contributed by atoms with Crippen molar-refractivity contribution >= 4 is 11.9 Å². The average molecular weight is 311 g/mol. The van der Waals surface area contributed by atoms with Crippen LogP contribution in [0.25, 0.3) is 0 Å². The highest BCUT2D eigenvalue weighted by Crippen LogP contribution is 2.34. The van der Waals surface area contributed by atoms with Gasteiger partial charge in [0.2, 0.25) is 5.91 Å². The number of rotatable bonds is 4. The molecular weight excluding hydrogens is 292 g/mol. The number of hydrogen-bond donors (Lipinski definition) is 1. The summed E-state index contributed by atoms with van der Waals surface area (Å²) in [5.74, 6) is -3.10. The summed E-state index contributed by atoms with van der Waals surface area (Å²) in [5.41, 5.74) is 0.114. The summed E-state index contributed by atoms with van der Waals surface area (Å²) in [4.78, 5) is 24.8. The molecule has 1 N–H and O–H groups in total. The number of hydrogen-bond acceptors (Lipinski definition) is 2. The third kappa shape index (κ3) is 3.26. The molecule has 1 aliphatic carbocycles. The van der Waals surface area contributed by atoms with E-state index in [4.69, 9.17) is 5.11 Å². The Kier molecular flexibility index (Phi) is 4.78. The van der Waals surface area contributed by atoms with Crippen LogP contribution in [0.15, 0.2) is 18.2 Å². The second-order valence-electron chi connectivity index (χ2n) is 5.84. The van der Waals surface area contributed by atoms with Crippen LogP contribution in [0.1, 0.15) is 37.8 Å². The highest BCUT2D eigenvalue weighted by molar-refractivity contribution is 5.81. The predicted octanol–water partition coefficient (Wildman–Crippen LogP) is 2.99. The van der Waals surface area contributed by atoms with Crippen LogP contribution in [-0.4, -0.2) is 28.9 Å². The first kappa shape index (κ1) is 16.4. The van der Waals surface area contributed by atoms with Crippen molar-refractivity contribution in [2.24, 2.45) is 11.8 Å². The van der Waals surface area contributed by atoms with Crippen LogP contribution < -0.4 is 0 Å². The fourth-order valence-electron chi connectivity index (χ4n) is 2.95. The number of halogens is 2. The zero-order valence-corrected chi connectivity index (χ0v) is 12.6. The van der Waals surface area contributed by atoms with Crippen molar-refractivity contribution < 1.29 is 23.5 Å². The molecule has 1 aliphatic rings. The summed E-state index contributed by atoms with van der Waals surface area (Å²) >= 11 is 0. The minimum Gasteiger partial charge on any atom is -0.481 e. The first-order chi connectivity index (χ1) is 10.3. The van der Waals surface area contributed by atoms with Crippen LogP contribution in [0.2, 0.25) is 0 Å². The van der Waals surface area contributed by atoms with E-state index in [0.29, 0.717) is 19.3 Å². The molecule has 1 amide bonds. The molecule has 0 bridgehead atoms. The van der Waals surface area contributed by atoms with Crippen LogP contribution in [0.5, 0.6) is 0 Å². The number of carbonyl (C=O) groups excluding carboxylic acids is 1. The molecule has 1 aromatic rings. The number of nitrogens with zero attached hydrogens (tertiary/aromatic N) is 1. The van der Waals surface area contributed by atoms with E-state index in [0.717, 1.165) is 18.2 Å². The number of carboxylic acids is 1. The second kappa shape index (κ2) is 6.42. The summed E-state index contributed by atoms with van der Waals surface area (Å²) in [6, 6.07) is 2.53. The van der Waals surface area contributed by atoms with E-state index in [1.54, 1.807) is 6.92 Å². The lowest BCUT2D eigenvalue weighted by atomic mass is 10.0. The zero-order valence-electron chi connectivity index (χ0n) is 12.6. The van der Waals surface area contributed by atoms with Crippen molar-refractivity contribution in [1.29, 1.82) is 0 Å². The van der Waals surface area contributed by atoms with Crippen molar-refractivity contribution in [3.63, 3.8) is 0 Å². The molecule has 1 saturated carbocycles. The average Bonchev–Trinajstić information content (AvgIpc) is 2.97. The minimum atomic E-state index is -0.887. The maximum atomic E-state index is 13.8. The van der Waals surface area contributed by atoms with Gasteiger partial charge < -0.3 is 10.0 Å². The molecule has 0 aromatic heterocycles. The molecule has 1 fully saturated rings. The molecule has 0 saturated heterocycles. The maximum Gasteiger partial charge on any atom is 0.306 e. The summed E-state index contributed by atoms with van der Waals surface area (Å²) in [5, 5.41) is 8.99. The molecule has 120 valence electrons. The van der Waals surface area contributed by atoms with Crippen molar-refractivity contribution in [2.75, 3.05) is 7.05 Å². The Labute approximate surface area is 127 Å². The van der Waals surface area contributed by atoms with Gasteiger partial charge in [-0.2, -0.15) is 0 Å². The minimum absolute atomic E-state index is 0.114. The highest BCUT2D eigenvalue weighted by Gasteiger charge is 2.36. The van der Waals surface area contributed by atoms with E-state index < -0.39 is 29.6 Å². The molecule has 0 spiro atoms. The molecule has 4 nitrogen and oxygen atoms in total. The summed E-state index contributed by atoms with van der Waals surface area (Å²) in [6.07, 6.45) is 1.29. The molecule has 3 atom stereocenters. The lowest BCUT2D eigenvalue weighted by Crippen LogP contribution is -2.34. The Balaban J connectivity index is 2.10. The monoisotopic (exact) mass is 311 g/mol. The molecule has 0 heterocycles. The van der Waals surface area contributed by atoms with Gasteiger partial charge >= 0.3 is 5.97 Å². The lowest BCUT2D eigenvalue weighted by Gasteiger charge is -2.28. The Morgan fingerprint density at radius 1 is 1.27 bits per heavy atom. The van der Waals surface area contributed by atoms with Gasteiger partial charge in [0.05, 0.1) is 12.0 Å². The van der Waals surface area contributed by atoms with Crippen LogP contribution in [-0.2, 0) is 9.59 Å². The molecule has 1 aromatic carbocycles. The fourth-order valence-corrected chi connectivity index (χ4v) is 2.95. The molecule has 0 aliphatic heterocycles. The fraction of sp³-hybridized carbons (Fsp3) is 0.500. The smallest absolute Gasteiger partial charge is 0.306 e. The molecule has 22 heavy (non-hydrogen) atoms.